The van der Waals surface area contributed by atoms with E-state index in [0.717, 1.165) is 32.4 Å². The summed E-state index contributed by atoms with van der Waals surface area (Å²) in [5.74, 6) is -0.489. The Balaban J connectivity index is 1.79. The predicted octanol–water partition coefficient (Wildman–Crippen LogP) is 1.26. The van der Waals surface area contributed by atoms with Gasteiger partial charge in [-0.2, -0.15) is 0 Å². The van der Waals surface area contributed by atoms with Crippen LogP contribution in [0.15, 0.2) is 29.2 Å². The Morgan fingerprint density at radius 1 is 1.46 bits per heavy atom. The maximum absolute atomic E-state index is 12.0. The highest BCUT2D eigenvalue weighted by atomic mass is 32.2. The fraction of sp³-hybridized carbons (Fsp3) is 0.562. The predicted molar refractivity (Wildman–Crippen MR) is 90.7 cm³/mol. The van der Waals surface area contributed by atoms with Crippen molar-refractivity contribution in [3.8, 4) is 0 Å². The maximum Gasteiger partial charge on any atom is 0.274 e. The Morgan fingerprint density at radius 2 is 2.25 bits per heavy atom. The maximum atomic E-state index is 12.0. The Bertz CT molecular complexity index is 663. The molecule has 8 heteroatoms. The molecule has 0 spiro atoms. The van der Waals surface area contributed by atoms with Crippen molar-refractivity contribution in [3.63, 3.8) is 0 Å². The molecule has 1 heterocycles. The van der Waals surface area contributed by atoms with Crippen LogP contribution < -0.4 is 10.6 Å². The third-order valence-electron chi connectivity index (χ3n) is 4.15. The van der Waals surface area contributed by atoms with Crippen LogP contribution in [0.25, 0.3) is 0 Å². The van der Waals surface area contributed by atoms with Crippen LogP contribution in [0.2, 0.25) is 0 Å². The number of carbonyl (C=O) groups is 1. The van der Waals surface area contributed by atoms with Gasteiger partial charge in [-0.05, 0) is 57.0 Å². The summed E-state index contributed by atoms with van der Waals surface area (Å²) in [6, 6.07) is 6.06. The number of primary sulfonamides is 1. The summed E-state index contributed by atoms with van der Waals surface area (Å²) in [6.07, 6.45) is 4.36. The van der Waals surface area contributed by atoms with E-state index >= 15 is 0 Å². The lowest BCUT2D eigenvalue weighted by Gasteiger charge is -2.23. The molecule has 1 aliphatic rings. The van der Waals surface area contributed by atoms with E-state index in [1.165, 1.54) is 30.7 Å². The molecular formula is C16H25N3O4S. The van der Waals surface area contributed by atoms with Gasteiger partial charge in [-0.1, -0.05) is 13.0 Å². The minimum absolute atomic E-state index is 0.101. The van der Waals surface area contributed by atoms with Gasteiger partial charge in [-0.15, -0.1) is 0 Å². The Hall–Kier alpha value is -1.48. The lowest BCUT2D eigenvalue weighted by Crippen LogP contribution is -2.32. The fourth-order valence-corrected chi connectivity index (χ4v) is 3.55. The molecule has 1 atom stereocenters. The second-order valence-corrected chi connectivity index (χ2v) is 7.53. The lowest BCUT2D eigenvalue weighted by molar-refractivity contribution is 0.0240. The second kappa shape index (κ2) is 8.57. The zero-order valence-corrected chi connectivity index (χ0v) is 14.7. The summed E-state index contributed by atoms with van der Waals surface area (Å²) in [6.45, 7) is 4.82. The first-order chi connectivity index (χ1) is 11.4. The molecule has 7 nitrogen and oxygen atoms in total. The van der Waals surface area contributed by atoms with E-state index < -0.39 is 15.9 Å². The Labute approximate surface area is 143 Å². The molecule has 0 aromatic heterocycles. The molecule has 3 N–H and O–H groups in total. The molecule has 0 aliphatic carbocycles. The van der Waals surface area contributed by atoms with E-state index in [1.54, 1.807) is 0 Å². The molecule has 0 saturated carbocycles. The number of nitrogens with zero attached hydrogens (tertiary/aromatic N) is 1. The number of nitrogens with two attached hydrogens (primary N) is 1. The van der Waals surface area contributed by atoms with E-state index in [4.69, 9.17) is 9.98 Å². The van der Waals surface area contributed by atoms with E-state index in [-0.39, 0.29) is 10.5 Å². The van der Waals surface area contributed by atoms with Crippen LogP contribution in [-0.4, -0.2) is 45.0 Å². The van der Waals surface area contributed by atoms with Gasteiger partial charge in [-0.3, -0.25) is 9.63 Å². The standard InChI is InChI=1S/C16H25N3O4S/c1-2-9-19-10-4-6-14(19)8-11-23-18-16(20)13-5-3-7-15(12-13)24(17,21)22/h3,5,7,12,14H,2,4,6,8-11H2,1H3,(H,18,20)(H2,17,21,22). The molecule has 1 fully saturated rings. The molecule has 1 aromatic carbocycles. The topological polar surface area (TPSA) is 102 Å². The minimum Gasteiger partial charge on any atom is -0.300 e. The van der Waals surface area contributed by atoms with Crippen LogP contribution in [0.4, 0.5) is 0 Å². The van der Waals surface area contributed by atoms with Gasteiger partial charge in [0.1, 0.15) is 0 Å². The first-order valence-corrected chi connectivity index (χ1v) is 9.75. The summed E-state index contributed by atoms with van der Waals surface area (Å²) in [7, 11) is -3.83. The number of sulfonamides is 1. The van der Waals surface area contributed by atoms with Gasteiger partial charge in [0.05, 0.1) is 11.5 Å². The second-order valence-electron chi connectivity index (χ2n) is 5.97. The highest BCUT2D eigenvalue weighted by Crippen LogP contribution is 2.20. The number of hydroxylamine groups is 1. The van der Waals surface area contributed by atoms with Gasteiger partial charge < -0.3 is 4.90 Å². The summed E-state index contributed by atoms with van der Waals surface area (Å²) >= 11 is 0. The van der Waals surface area contributed by atoms with Crippen molar-refractivity contribution in [1.82, 2.24) is 10.4 Å². The van der Waals surface area contributed by atoms with Crippen LogP contribution in [0.1, 0.15) is 43.0 Å². The largest absolute Gasteiger partial charge is 0.300 e. The summed E-state index contributed by atoms with van der Waals surface area (Å²) < 4.78 is 22.6. The van der Waals surface area contributed by atoms with E-state index in [1.807, 2.05) is 0 Å². The lowest BCUT2D eigenvalue weighted by atomic mass is 10.1. The number of hydrogen-bond acceptors (Lipinski definition) is 5. The van der Waals surface area contributed by atoms with Crippen molar-refractivity contribution in [3.05, 3.63) is 29.8 Å². The Kier molecular flexibility index (Phi) is 6.73. The van der Waals surface area contributed by atoms with E-state index in [9.17, 15) is 13.2 Å². The molecule has 2 rings (SSSR count). The normalized spacial score (nSPS) is 18.7. The van der Waals surface area contributed by atoms with Crippen LogP contribution in [-0.2, 0) is 14.9 Å². The van der Waals surface area contributed by atoms with E-state index in [0.29, 0.717) is 12.6 Å². The molecule has 0 bridgehead atoms. The fourth-order valence-electron chi connectivity index (χ4n) is 2.99. The summed E-state index contributed by atoms with van der Waals surface area (Å²) in [5, 5.41) is 5.06. The van der Waals surface area contributed by atoms with Crippen molar-refractivity contribution in [2.45, 2.75) is 43.5 Å². The van der Waals surface area contributed by atoms with E-state index in [2.05, 4.69) is 17.3 Å². The van der Waals surface area contributed by atoms with Gasteiger partial charge in [0, 0.05) is 11.6 Å². The number of amides is 1. The van der Waals surface area contributed by atoms with Crippen molar-refractivity contribution in [1.29, 1.82) is 0 Å². The highest BCUT2D eigenvalue weighted by Gasteiger charge is 2.23. The zero-order valence-electron chi connectivity index (χ0n) is 13.9. The summed E-state index contributed by atoms with van der Waals surface area (Å²) in [4.78, 5) is 19.6. The Morgan fingerprint density at radius 3 is 2.96 bits per heavy atom. The van der Waals surface area contributed by atoms with Gasteiger partial charge in [-0.25, -0.2) is 19.0 Å². The molecule has 134 valence electrons. The van der Waals surface area contributed by atoms with Gasteiger partial charge in [0.2, 0.25) is 10.0 Å². The van der Waals surface area contributed by atoms with Crippen molar-refractivity contribution in [2.75, 3.05) is 19.7 Å². The quantitative estimate of drug-likeness (QED) is 0.540. The number of hydrogen-bond donors (Lipinski definition) is 2. The number of rotatable bonds is 8. The van der Waals surface area contributed by atoms with Crippen LogP contribution in [0.3, 0.4) is 0 Å². The smallest absolute Gasteiger partial charge is 0.274 e. The number of benzene rings is 1. The van der Waals surface area contributed by atoms with Crippen molar-refractivity contribution in [2.24, 2.45) is 5.14 Å². The van der Waals surface area contributed by atoms with Gasteiger partial charge >= 0.3 is 0 Å². The number of carbonyl (C=O) groups excluding carboxylic acids is 1. The average Bonchev–Trinajstić information content (AvgIpc) is 2.98. The summed E-state index contributed by atoms with van der Waals surface area (Å²) in [5.41, 5.74) is 2.55. The first-order valence-electron chi connectivity index (χ1n) is 8.21. The molecule has 1 aliphatic heterocycles. The molecule has 24 heavy (non-hydrogen) atoms. The number of nitrogens with one attached hydrogen (secondary N) is 1. The van der Waals surface area contributed by atoms with Crippen LogP contribution in [0, 0.1) is 0 Å². The molecule has 1 saturated heterocycles. The molecule has 0 radical (unpaired) electrons. The first kappa shape index (κ1) is 18.9. The van der Waals surface area contributed by atoms with Crippen LogP contribution in [0.5, 0.6) is 0 Å². The minimum atomic E-state index is -3.83. The van der Waals surface area contributed by atoms with Crippen molar-refractivity contribution >= 4 is 15.9 Å². The van der Waals surface area contributed by atoms with Gasteiger partial charge in [0.15, 0.2) is 0 Å². The molecule has 1 unspecified atom stereocenters. The third kappa shape index (κ3) is 5.27. The SMILES string of the molecule is CCCN1CCCC1CCONC(=O)c1cccc(S(N)(=O)=O)c1. The zero-order chi connectivity index (χ0) is 17.6. The number of likely N-dealkylation sites (tertiary alicyclic amines) is 1. The highest BCUT2D eigenvalue weighted by molar-refractivity contribution is 7.89. The van der Waals surface area contributed by atoms with Crippen molar-refractivity contribution < 1.29 is 18.0 Å². The average molecular weight is 355 g/mol. The monoisotopic (exact) mass is 355 g/mol. The molecule has 1 amide bonds. The van der Waals surface area contributed by atoms with Gasteiger partial charge in [0.25, 0.3) is 5.91 Å². The van der Waals surface area contributed by atoms with Crippen LogP contribution >= 0.6 is 0 Å². The molecular weight excluding hydrogens is 330 g/mol. The molecule has 1 aromatic rings. The third-order valence-corrected chi connectivity index (χ3v) is 5.06.